The van der Waals surface area contributed by atoms with E-state index in [0.29, 0.717) is 6.04 Å². The first-order valence-corrected chi connectivity index (χ1v) is 7.11. The highest BCUT2D eigenvalue weighted by molar-refractivity contribution is 5.76. The van der Waals surface area contributed by atoms with Gasteiger partial charge in [0.15, 0.2) is 0 Å². The number of nitrogens with zero attached hydrogens (tertiary/aromatic N) is 1. The van der Waals surface area contributed by atoms with Gasteiger partial charge in [0.25, 0.3) is 0 Å². The fourth-order valence-electron chi connectivity index (χ4n) is 3.12. The zero-order valence-corrected chi connectivity index (χ0v) is 11.8. The van der Waals surface area contributed by atoms with Crippen molar-refractivity contribution in [1.82, 2.24) is 4.90 Å². The van der Waals surface area contributed by atoms with Gasteiger partial charge in [0.05, 0.1) is 0 Å². The number of hydrogen-bond acceptors (Lipinski definition) is 2. The third-order valence-corrected chi connectivity index (χ3v) is 4.27. The summed E-state index contributed by atoms with van der Waals surface area (Å²) in [5.74, 6) is -0.748. The number of aliphatic carboxylic acids is 1. The quantitative estimate of drug-likeness (QED) is 0.903. The molecular formula is C16H23NO2. The maximum atomic E-state index is 11.7. The highest BCUT2D eigenvalue weighted by atomic mass is 16.4. The van der Waals surface area contributed by atoms with Gasteiger partial charge in [0.2, 0.25) is 0 Å². The SMILES string of the molecule is Cc1ccccc1C(C(=O)O)N(C)C1CCCCC1. The van der Waals surface area contributed by atoms with Gasteiger partial charge in [-0.2, -0.15) is 0 Å². The van der Waals surface area contributed by atoms with Crippen LogP contribution < -0.4 is 0 Å². The molecule has 1 aliphatic carbocycles. The van der Waals surface area contributed by atoms with Crippen molar-refractivity contribution in [3.05, 3.63) is 35.4 Å². The van der Waals surface area contributed by atoms with Gasteiger partial charge in [-0.1, -0.05) is 43.5 Å². The molecule has 3 heteroatoms. The van der Waals surface area contributed by atoms with E-state index in [1.54, 1.807) is 0 Å². The Morgan fingerprint density at radius 2 is 1.89 bits per heavy atom. The van der Waals surface area contributed by atoms with Crippen LogP contribution in [0.1, 0.15) is 49.3 Å². The van der Waals surface area contributed by atoms with E-state index in [4.69, 9.17) is 0 Å². The highest BCUT2D eigenvalue weighted by Crippen LogP contribution is 2.30. The van der Waals surface area contributed by atoms with Crippen LogP contribution in [-0.4, -0.2) is 29.1 Å². The van der Waals surface area contributed by atoms with Crippen molar-refractivity contribution in [2.24, 2.45) is 0 Å². The van der Waals surface area contributed by atoms with Gasteiger partial charge in [0, 0.05) is 6.04 Å². The second kappa shape index (κ2) is 6.20. The molecule has 0 radical (unpaired) electrons. The molecule has 2 rings (SSSR count). The van der Waals surface area contributed by atoms with Crippen LogP contribution >= 0.6 is 0 Å². The number of carboxylic acids is 1. The fourth-order valence-corrected chi connectivity index (χ4v) is 3.12. The lowest BCUT2D eigenvalue weighted by atomic mass is 9.91. The maximum Gasteiger partial charge on any atom is 0.325 e. The Bertz CT molecular complexity index is 438. The normalized spacial score (nSPS) is 18.5. The number of likely N-dealkylation sites (N-methyl/N-ethyl adjacent to an activating group) is 1. The number of carboxylic acid groups (broad SMARTS) is 1. The molecule has 1 atom stereocenters. The van der Waals surface area contributed by atoms with E-state index >= 15 is 0 Å². The Labute approximate surface area is 115 Å². The largest absolute Gasteiger partial charge is 0.480 e. The predicted octanol–water partition coefficient (Wildman–Crippen LogP) is 3.39. The van der Waals surface area contributed by atoms with Crippen LogP contribution in [0.3, 0.4) is 0 Å². The number of carbonyl (C=O) groups is 1. The van der Waals surface area contributed by atoms with Gasteiger partial charge in [-0.05, 0) is 37.9 Å². The first kappa shape index (κ1) is 14.1. The van der Waals surface area contributed by atoms with Crippen LogP contribution in [0.15, 0.2) is 24.3 Å². The average Bonchev–Trinajstić information content (AvgIpc) is 2.42. The number of benzene rings is 1. The Morgan fingerprint density at radius 1 is 1.26 bits per heavy atom. The molecule has 1 unspecified atom stereocenters. The summed E-state index contributed by atoms with van der Waals surface area (Å²) in [6, 6.07) is 7.68. The molecule has 1 N–H and O–H groups in total. The van der Waals surface area contributed by atoms with Crippen molar-refractivity contribution < 1.29 is 9.90 Å². The molecule has 1 saturated carbocycles. The summed E-state index contributed by atoms with van der Waals surface area (Å²) in [5, 5.41) is 9.61. The Balaban J connectivity index is 2.25. The molecule has 0 saturated heterocycles. The maximum absolute atomic E-state index is 11.7. The van der Waals surface area contributed by atoms with E-state index in [0.717, 1.165) is 24.0 Å². The van der Waals surface area contributed by atoms with Crippen molar-refractivity contribution >= 4 is 5.97 Å². The molecule has 1 fully saturated rings. The van der Waals surface area contributed by atoms with E-state index in [1.165, 1.54) is 19.3 Å². The van der Waals surface area contributed by atoms with E-state index in [2.05, 4.69) is 4.90 Å². The smallest absolute Gasteiger partial charge is 0.325 e. The molecule has 0 aliphatic heterocycles. The minimum absolute atomic E-state index is 0.398. The van der Waals surface area contributed by atoms with Crippen molar-refractivity contribution in [2.75, 3.05) is 7.05 Å². The molecule has 0 spiro atoms. The van der Waals surface area contributed by atoms with Crippen LogP contribution in [0.25, 0.3) is 0 Å². The summed E-state index contributed by atoms with van der Waals surface area (Å²) in [7, 11) is 1.96. The Hall–Kier alpha value is -1.35. The number of hydrogen-bond donors (Lipinski definition) is 1. The molecule has 1 aliphatic rings. The summed E-state index contributed by atoms with van der Waals surface area (Å²) in [4.78, 5) is 13.8. The molecule has 19 heavy (non-hydrogen) atoms. The van der Waals surface area contributed by atoms with Gasteiger partial charge < -0.3 is 5.11 Å². The summed E-state index contributed by atoms with van der Waals surface area (Å²) >= 11 is 0. The van der Waals surface area contributed by atoms with Crippen LogP contribution in [0.5, 0.6) is 0 Å². The molecule has 1 aromatic carbocycles. The lowest BCUT2D eigenvalue weighted by molar-refractivity contribution is -0.144. The zero-order chi connectivity index (χ0) is 13.8. The third-order valence-electron chi connectivity index (χ3n) is 4.27. The number of aryl methyl sites for hydroxylation is 1. The predicted molar refractivity (Wildman–Crippen MR) is 76.2 cm³/mol. The first-order valence-electron chi connectivity index (χ1n) is 7.11. The Kier molecular flexibility index (Phi) is 4.59. The van der Waals surface area contributed by atoms with Crippen LogP contribution in [-0.2, 0) is 4.79 Å². The molecule has 0 amide bonds. The molecule has 0 bridgehead atoms. The van der Waals surface area contributed by atoms with Gasteiger partial charge >= 0.3 is 5.97 Å². The fraction of sp³-hybridized carbons (Fsp3) is 0.562. The van der Waals surface area contributed by atoms with Crippen LogP contribution in [0.4, 0.5) is 0 Å². The van der Waals surface area contributed by atoms with Gasteiger partial charge in [0.1, 0.15) is 6.04 Å². The zero-order valence-electron chi connectivity index (χ0n) is 11.8. The monoisotopic (exact) mass is 261 g/mol. The third kappa shape index (κ3) is 3.16. The van der Waals surface area contributed by atoms with Crippen molar-refractivity contribution in [3.8, 4) is 0 Å². The van der Waals surface area contributed by atoms with Crippen molar-refractivity contribution in [3.63, 3.8) is 0 Å². The van der Waals surface area contributed by atoms with E-state index < -0.39 is 12.0 Å². The van der Waals surface area contributed by atoms with Crippen LogP contribution in [0.2, 0.25) is 0 Å². The van der Waals surface area contributed by atoms with E-state index in [-0.39, 0.29) is 0 Å². The van der Waals surface area contributed by atoms with Crippen molar-refractivity contribution in [2.45, 2.75) is 51.1 Å². The second-order valence-electron chi connectivity index (χ2n) is 5.55. The standard InChI is InChI=1S/C16H23NO2/c1-12-8-6-7-11-14(12)15(16(18)19)17(2)13-9-4-3-5-10-13/h6-8,11,13,15H,3-5,9-10H2,1-2H3,(H,18,19). The topological polar surface area (TPSA) is 40.5 Å². The summed E-state index contributed by atoms with van der Waals surface area (Å²) < 4.78 is 0. The lowest BCUT2D eigenvalue weighted by Crippen LogP contribution is -2.40. The van der Waals surface area contributed by atoms with E-state index in [1.807, 2.05) is 38.2 Å². The molecule has 0 aromatic heterocycles. The number of rotatable bonds is 4. The highest BCUT2D eigenvalue weighted by Gasteiger charge is 2.31. The summed E-state index contributed by atoms with van der Waals surface area (Å²) in [6.45, 7) is 1.99. The van der Waals surface area contributed by atoms with Crippen molar-refractivity contribution in [1.29, 1.82) is 0 Å². The summed E-state index contributed by atoms with van der Waals surface area (Å²) in [6.07, 6.45) is 5.95. The minimum atomic E-state index is -0.748. The first-order chi connectivity index (χ1) is 9.11. The molecular weight excluding hydrogens is 238 g/mol. The molecule has 104 valence electrons. The average molecular weight is 261 g/mol. The van der Waals surface area contributed by atoms with Gasteiger partial charge in [-0.25, -0.2) is 0 Å². The minimum Gasteiger partial charge on any atom is -0.480 e. The van der Waals surface area contributed by atoms with Crippen LogP contribution in [0, 0.1) is 6.92 Å². The van der Waals surface area contributed by atoms with Gasteiger partial charge in [-0.15, -0.1) is 0 Å². The lowest BCUT2D eigenvalue weighted by Gasteiger charge is -2.35. The second-order valence-corrected chi connectivity index (χ2v) is 5.55. The molecule has 0 heterocycles. The molecule has 3 nitrogen and oxygen atoms in total. The summed E-state index contributed by atoms with van der Waals surface area (Å²) in [5.41, 5.74) is 1.97. The Morgan fingerprint density at radius 3 is 2.47 bits per heavy atom. The van der Waals surface area contributed by atoms with E-state index in [9.17, 15) is 9.90 Å². The van der Waals surface area contributed by atoms with Gasteiger partial charge in [-0.3, -0.25) is 9.69 Å². The molecule has 1 aromatic rings.